The molecule has 1 aromatic carbocycles. The molecule has 0 unspecified atom stereocenters. The van der Waals surface area contributed by atoms with E-state index in [4.69, 9.17) is 4.74 Å². The number of aromatic nitrogens is 1. The number of alkyl carbamates (subject to hydrolysis) is 1. The predicted octanol–water partition coefficient (Wildman–Crippen LogP) is 2.02. The van der Waals surface area contributed by atoms with E-state index in [9.17, 15) is 14.4 Å². The van der Waals surface area contributed by atoms with Crippen molar-refractivity contribution in [3.63, 3.8) is 0 Å². The van der Waals surface area contributed by atoms with Crippen molar-refractivity contribution in [1.29, 1.82) is 0 Å². The van der Waals surface area contributed by atoms with Crippen molar-refractivity contribution in [2.75, 3.05) is 37.6 Å². The number of nitrogens with one attached hydrogen (secondary N) is 2. The average Bonchev–Trinajstić information content (AvgIpc) is 3.09. The second-order valence-corrected chi connectivity index (χ2v) is 10.4. The van der Waals surface area contributed by atoms with Crippen LogP contribution in [0.25, 0.3) is 12.7 Å². The molecule has 184 valence electrons. The van der Waals surface area contributed by atoms with Gasteiger partial charge in [-0.3, -0.25) is 9.59 Å². The number of benzene rings is 1. The number of amides is 2. The van der Waals surface area contributed by atoms with Gasteiger partial charge in [0.05, 0.1) is 9.20 Å². The molecule has 8 nitrogen and oxygen atoms in total. The third-order valence-electron chi connectivity index (χ3n) is 5.39. The number of rotatable bonds is 7. The fourth-order valence-corrected chi connectivity index (χ4v) is 4.53. The van der Waals surface area contributed by atoms with Crippen molar-refractivity contribution in [3.8, 4) is 0 Å². The van der Waals surface area contributed by atoms with E-state index in [2.05, 4.69) is 21.8 Å². The molecule has 0 saturated carbocycles. The van der Waals surface area contributed by atoms with E-state index in [-0.39, 0.29) is 11.5 Å². The number of carbonyl (C=O) groups excluding carboxylic acids is 2. The van der Waals surface area contributed by atoms with Gasteiger partial charge in [0, 0.05) is 44.8 Å². The molecule has 0 radical (unpaired) electrons. The number of piperazine rings is 1. The van der Waals surface area contributed by atoms with Crippen LogP contribution in [0.3, 0.4) is 0 Å². The van der Waals surface area contributed by atoms with Crippen molar-refractivity contribution in [3.05, 3.63) is 49.4 Å². The zero-order valence-corrected chi connectivity index (χ0v) is 21.0. The van der Waals surface area contributed by atoms with E-state index in [1.54, 1.807) is 0 Å². The Hall–Kier alpha value is -3.07. The van der Waals surface area contributed by atoms with Gasteiger partial charge in [-0.25, -0.2) is 4.79 Å². The maximum absolute atomic E-state index is 12.6. The highest BCUT2D eigenvalue weighted by Gasteiger charge is 2.22. The highest BCUT2D eigenvalue weighted by molar-refractivity contribution is 7.07. The largest absolute Gasteiger partial charge is 0.444 e. The van der Waals surface area contributed by atoms with E-state index >= 15 is 0 Å². The third-order valence-corrected chi connectivity index (χ3v) is 6.26. The molecule has 1 saturated heterocycles. The number of anilines is 1. The highest BCUT2D eigenvalue weighted by atomic mass is 32.1. The maximum Gasteiger partial charge on any atom is 0.407 e. The van der Waals surface area contributed by atoms with Gasteiger partial charge in [0.2, 0.25) is 5.91 Å². The van der Waals surface area contributed by atoms with Crippen molar-refractivity contribution < 1.29 is 14.3 Å². The van der Waals surface area contributed by atoms with E-state index in [0.29, 0.717) is 35.3 Å². The van der Waals surface area contributed by atoms with Crippen LogP contribution in [0.2, 0.25) is 0 Å². The summed E-state index contributed by atoms with van der Waals surface area (Å²) in [7, 11) is 0. The van der Waals surface area contributed by atoms with E-state index < -0.39 is 11.7 Å². The lowest BCUT2D eigenvalue weighted by Gasteiger charge is -2.37. The van der Waals surface area contributed by atoms with Crippen LogP contribution in [0.15, 0.2) is 29.1 Å². The lowest BCUT2D eigenvalue weighted by molar-refractivity contribution is -0.131. The molecule has 3 rings (SSSR count). The number of hydrogen-bond acceptors (Lipinski definition) is 6. The Balaban J connectivity index is 1.47. The Morgan fingerprint density at radius 2 is 1.88 bits per heavy atom. The summed E-state index contributed by atoms with van der Waals surface area (Å²) in [6.45, 7) is 12.6. The predicted molar refractivity (Wildman–Crippen MR) is 137 cm³/mol. The Labute approximate surface area is 203 Å². The van der Waals surface area contributed by atoms with Gasteiger partial charge in [-0.15, -0.1) is 11.3 Å². The van der Waals surface area contributed by atoms with Crippen molar-refractivity contribution >= 4 is 41.7 Å². The summed E-state index contributed by atoms with van der Waals surface area (Å²) in [6, 6.07) is 7.99. The fourth-order valence-electron chi connectivity index (χ4n) is 3.79. The number of H-pyrrole nitrogens is 1. The molecular formula is C25H34N4O4S. The quantitative estimate of drug-likeness (QED) is 0.584. The topological polar surface area (TPSA) is 94.7 Å². The Bertz CT molecular complexity index is 1160. The summed E-state index contributed by atoms with van der Waals surface area (Å²) in [5.41, 5.74) is 1.40. The van der Waals surface area contributed by atoms with Crippen LogP contribution in [-0.2, 0) is 9.53 Å². The number of aromatic amines is 1. The molecule has 1 aliphatic rings. The van der Waals surface area contributed by atoms with Crippen LogP contribution in [0.5, 0.6) is 0 Å². The van der Waals surface area contributed by atoms with E-state index in [0.717, 1.165) is 37.2 Å². The van der Waals surface area contributed by atoms with Crippen molar-refractivity contribution in [2.45, 2.75) is 45.6 Å². The second-order valence-electron chi connectivity index (χ2n) is 9.30. The molecule has 2 aromatic rings. The molecule has 9 heteroatoms. The summed E-state index contributed by atoms with van der Waals surface area (Å²) in [5, 5.41) is 2.72. The third kappa shape index (κ3) is 7.48. The molecule has 34 heavy (non-hydrogen) atoms. The number of para-hydroxylation sites is 1. The Morgan fingerprint density at radius 1 is 1.18 bits per heavy atom. The Morgan fingerprint density at radius 3 is 2.53 bits per heavy atom. The van der Waals surface area contributed by atoms with Crippen molar-refractivity contribution in [2.24, 2.45) is 0 Å². The first-order valence-electron chi connectivity index (χ1n) is 11.6. The van der Waals surface area contributed by atoms with Crippen LogP contribution in [0, 0.1) is 0 Å². The van der Waals surface area contributed by atoms with Crippen molar-refractivity contribution in [1.82, 2.24) is 15.2 Å². The first-order chi connectivity index (χ1) is 16.1. The summed E-state index contributed by atoms with van der Waals surface area (Å²) < 4.78 is 6.48. The minimum Gasteiger partial charge on any atom is -0.444 e. The van der Waals surface area contributed by atoms with Crippen LogP contribution in [-0.4, -0.2) is 60.2 Å². The van der Waals surface area contributed by atoms with Gasteiger partial charge >= 0.3 is 6.09 Å². The molecular weight excluding hydrogens is 452 g/mol. The van der Waals surface area contributed by atoms with Gasteiger partial charge in [-0.05, 0) is 51.3 Å². The lowest BCUT2D eigenvalue weighted by Crippen LogP contribution is -2.49. The fraction of sp³-hybridized carbons (Fsp3) is 0.480. The van der Waals surface area contributed by atoms with Gasteiger partial charge in [-0.1, -0.05) is 24.8 Å². The number of carbonyl (C=O) groups is 2. The second kappa shape index (κ2) is 11.4. The number of hydrogen-bond donors (Lipinski definition) is 2. The molecule has 0 atom stereocenters. The molecule has 2 N–H and O–H groups in total. The minimum atomic E-state index is -0.515. The normalized spacial score (nSPS) is 14.9. The maximum atomic E-state index is 12.6. The molecule has 2 amide bonds. The molecule has 0 bridgehead atoms. The summed E-state index contributed by atoms with van der Waals surface area (Å²) in [6.07, 6.45) is 3.38. The summed E-state index contributed by atoms with van der Waals surface area (Å²) >= 11 is 1.35. The standard InChI is InChI=1S/C25H34N4O4S/c1-18-27-23(31)21(34-18)17-19-9-5-6-10-20(19)28-13-15-29(16-14-28)22(30)11-7-8-12-26-24(32)33-25(2,3)4/h5-6,9-10,17H,1,7-8,11-16H2,2-4H3,(H,26,32)(H,27,31). The van der Waals surface area contributed by atoms with Crippen LogP contribution >= 0.6 is 11.3 Å². The first-order valence-corrected chi connectivity index (χ1v) is 12.4. The van der Waals surface area contributed by atoms with Crippen LogP contribution in [0.4, 0.5) is 10.5 Å². The van der Waals surface area contributed by atoms with E-state index in [1.165, 1.54) is 11.3 Å². The van der Waals surface area contributed by atoms with E-state index in [1.807, 2.05) is 56.0 Å². The Kier molecular flexibility index (Phi) is 8.55. The molecule has 0 aliphatic carbocycles. The smallest absolute Gasteiger partial charge is 0.407 e. The summed E-state index contributed by atoms with van der Waals surface area (Å²) in [5.74, 6) is 0.143. The van der Waals surface area contributed by atoms with Gasteiger partial charge in [0.15, 0.2) is 0 Å². The molecule has 1 aliphatic heterocycles. The van der Waals surface area contributed by atoms with Gasteiger partial charge in [-0.2, -0.15) is 0 Å². The molecule has 1 aromatic heterocycles. The summed E-state index contributed by atoms with van der Waals surface area (Å²) in [4.78, 5) is 43.2. The van der Waals surface area contributed by atoms with Gasteiger partial charge in [0.25, 0.3) is 5.56 Å². The molecule has 2 heterocycles. The van der Waals surface area contributed by atoms with Gasteiger partial charge < -0.3 is 24.8 Å². The van der Waals surface area contributed by atoms with Crippen LogP contribution in [0.1, 0.15) is 45.6 Å². The number of thiazole rings is 1. The SMILES string of the molecule is C=c1[nH]c(=O)c(=Cc2ccccc2N2CCN(C(=O)CCCCNC(=O)OC(C)(C)C)CC2)s1. The monoisotopic (exact) mass is 486 g/mol. The highest BCUT2D eigenvalue weighted by Crippen LogP contribution is 2.22. The number of ether oxygens (including phenoxy) is 1. The number of nitrogens with zero attached hydrogens (tertiary/aromatic N) is 2. The minimum absolute atomic E-state index is 0.124. The zero-order chi connectivity index (χ0) is 24.7. The number of unbranched alkanes of at least 4 members (excludes halogenated alkanes) is 1. The molecule has 1 fully saturated rings. The zero-order valence-electron chi connectivity index (χ0n) is 20.2. The lowest BCUT2D eigenvalue weighted by atomic mass is 10.1. The molecule has 0 spiro atoms. The van der Waals surface area contributed by atoms with Crippen LogP contribution < -0.4 is 25.0 Å². The van der Waals surface area contributed by atoms with Gasteiger partial charge in [0.1, 0.15) is 5.60 Å². The first kappa shape index (κ1) is 25.6. The average molecular weight is 487 g/mol.